The standard InChI is InChI=1S/C14H17F3N4.C9H14N2/c15-14(16,17)11-8-21-12(2-1-3-13(21)20-11)19-10-6-4-9(18)5-7-10;1-5-9-8(7(2)3)6-11(4)10-9/h1-3,8-10,19H,4-7,18H2;6H,2,5H2,1,3-4H3. The number of imidazole rings is 1. The van der Waals surface area contributed by atoms with Gasteiger partial charge in [-0.3, -0.25) is 9.08 Å². The largest absolute Gasteiger partial charge is 0.434 e. The van der Waals surface area contributed by atoms with Gasteiger partial charge in [0.1, 0.15) is 11.5 Å². The van der Waals surface area contributed by atoms with Crippen molar-refractivity contribution in [2.45, 2.75) is 64.2 Å². The zero-order chi connectivity index (χ0) is 23.5. The van der Waals surface area contributed by atoms with E-state index in [1.165, 1.54) is 9.96 Å². The summed E-state index contributed by atoms with van der Waals surface area (Å²) in [7, 11) is 1.94. The summed E-state index contributed by atoms with van der Waals surface area (Å²) < 4.78 is 41.5. The van der Waals surface area contributed by atoms with Gasteiger partial charge in [0.05, 0.1) is 5.69 Å². The van der Waals surface area contributed by atoms with Crippen LogP contribution in [-0.4, -0.2) is 31.2 Å². The maximum absolute atomic E-state index is 12.7. The van der Waals surface area contributed by atoms with Gasteiger partial charge in [-0.15, -0.1) is 0 Å². The van der Waals surface area contributed by atoms with E-state index >= 15 is 0 Å². The molecule has 1 aliphatic carbocycles. The highest BCUT2D eigenvalue weighted by Crippen LogP contribution is 2.30. The second kappa shape index (κ2) is 9.77. The molecule has 0 bridgehead atoms. The topological polar surface area (TPSA) is 73.2 Å². The monoisotopic (exact) mass is 448 g/mol. The fraction of sp³-hybridized carbons (Fsp3) is 0.478. The van der Waals surface area contributed by atoms with Gasteiger partial charge >= 0.3 is 6.18 Å². The van der Waals surface area contributed by atoms with Gasteiger partial charge in [0.15, 0.2) is 5.69 Å². The summed E-state index contributed by atoms with van der Waals surface area (Å²) in [4.78, 5) is 3.63. The van der Waals surface area contributed by atoms with Crippen molar-refractivity contribution in [1.29, 1.82) is 0 Å². The first-order chi connectivity index (χ1) is 15.1. The van der Waals surface area contributed by atoms with Gasteiger partial charge in [0.25, 0.3) is 0 Å². The molecule has 32 heavy (non-hydrogen) atoms. The smallest absolute Gasteiger partial charge is 0.368 e. The molecule has 3 aromatic heterocycles. The number of nitrogens with zero attached hydrogens (tertiary/aromatic N) is 4. The summed E-state index contributed by atoms with van der Waals surface area (Å²) in [6.45, 7) is 8.01. The van der Waals surface area contributed by atoms with Crippen LogP contribution in [0, 0.1) is 0 Å². The maximum atomic E-state index is 12.7. The third-order valence-corrected chi connectivity index (χ3v) is 5.61. The molecule has 0 spiro atoms. The molecule has 3 heterocycles. The third kappa shape index (κ3) is 5.70. The third-order valence-electron chi connectivity index (χ3n) is 5.61. The molecule has 0 radical (unpaired) electrons. The minimum absolute atomic E-state index is 0.240. The predicted molar refractivity (Wildman–Crippen MR) is 121 cm³/mol. The first-order valence-electron chi connectivity index (χ1n) is 10.8. The Morgan fingerprint density at radius 3 is 2.47 bits per heavy atom. The van der Waals surface area contributed by atoms with Crippen molar-refractivity contribution in [3.8, 4) is 0 Å². The van der Waals surface area contributed by atoms with Crippen molar-refractivity contribution in [3.63, 3.8) is 0 Å². The summed E-state index contributed by atoms with van der Waals surface area (Å²) in [5, 5.41) is 7.62. The van der Waals surface area contributed by atoms with E-state index in [-0.39, 0.29) is 12.1 Å². The Morgan fingerprint density at radius 2 is 1.91 bits per heavy atom. The number of allylic oxidation sites excluding steroid dienone is 1. The number of anilines is 1. The molecule has 0 unspecified atom stereocenters. The lowest BCUT2D eigenvalue weighted by molar-refractivity contribution is -0.140. The van der Waals surface area contributed by atoms with E-state index in [9.17, 15) is 13.2 Å². The van der Waals surface area contributed by atoms with Crippen LogP contribution >= 0.6 is 0 Å². The van der Waals surface area contributed by atoms with E-state index in [0.717, 1.165) is 49.6 Å². The van der Waals surface area contributed by atoms with Crippen LogP contribution < -0.4 is 11.1 Å². The van der Waals surface area contributed by atoms with Gasteiger partial charge in [-0.25, -0.2) is 4.98 Å². The average molecular weight is 449 g/mol. The number of pyridine rings is 1. The van der Waals surface area contributed by atoms with E-state index in [1.807, 2.05) is 24.9 Å². The number of fused-ring (bicyclic) bond motifs is 1. The quantitative estimate of drug-likeness (QED) is 0.586. The minimum atomic E-state index is -4.43. The lowest BCUT2D eigenvalue weighted by atomic mass is 9.92. The summed E-state index contributed by atoms with van der Waals surface area (Å²) in [6.07, 6.45) is 3.32. The summed E-state index contributed by atoms with van der Waals surface area (Å²) in [5.41, 5.74) is 8.70. The number of rotatable bonds is 4. The molecule has 0 aromatic carbocycles. The average Bonchev–Trinajstić information content (AvgIpc) is 3.34. The van der Waals surface area contributed by atoms with E-state index in [1.54, 1.807) is 18.2 Å². The first-order valence-corrected chi connectivity index (χ1v) is 10.8. The van der Waals surface area contributed by atoms with Gasteiger partial charge in [-0.05, 0) is 56.7 Å². The molecule has 3 N–H and O–H groups in total. The maximum Gasteiger partial charge on any atom is 0.434 e. The van der Waals surface area contributed by atoms with E-state index in [0.29, 0.717) is 11.5 Å². The van der Waals surface area contributed by atoms with E-state index < -0.39 is 11.9 Å². The van der Waals surface area contributed by atoms with Crippen LogP contribution in [0.15, 0.2) is 37.2 Å². The van der Waals surface area contributed by atoms with Crippen LogP contribution in [0.1, 0.15) is 56.5 Å². The number of halogens is 3. The predicted octanol–water partition coefficient (Wildman–Crippen LogP) is 5.05. The summed E-state index contributed by atoms with van der Waals surface area (Å²) in [5.74, 6) is 0.635. The molecular formula is C23H31F3N6. The summed E-state index contributed by atoms with van der Waals surface area (Å²) >= 11 is 0. The highest BCUT2D eigenvalue weighted by atomic mass is 19.4. The van der Waals surface area contributed by atoms with Crippen LogP contribution in [0.5, 0.6) is 0 Å². The highest BCUT2D eigenvalue weighted by Gasteiger charge is 2.34. The lowest BCUT2D eigenvalue weighted by Crippen LogP contribution is -2.33. The molecule has 1 fully saturated rings. The van der Waals surface area contributed by atoms with E-state index in [2.05, 4.69) is 28.9 Å². The first kappa shape index (κ1) is 23.8. The van der Waals surface area contributed by atoms with Gasteiger partial charge in [-0.1, -0.05) is 19.6 Å². The Hall–Kier alpha value is -2.81. The molecule has 4 rings (SSSR count). The highest BCUT2D eigenvalue weighted by molar-refractivity contribution is 5.62. The Bertz CT molecular complexity index is 1060. The molecule has 0 amide bonds. The second-order valence-corrected chi connectivity index (χ2v) is 8.32. The minimum Gasteiger partial charge on any atom is -0.368 e. The van der Waals surface area contributed by atoms with Crippen molar-refractivity contribution in [3.05, 3.63) is 54.1 Å². The number of aryl methyl sites for hydroxylation is 2. The molecule has 0 atom stereocenters. The number of nitrogens with one attached hydrogen (secondary N) is 1. The second-order valence-electron chi connectivity index (χ2n) is 8.32. The van der Waals surface area contributed by atoms with Crippen LogP contribution in [0.4, 0.5) is 19.0 Å². The fourth-order valence-electron chi connectivity index (χ4n) is 3.89. The molecule has 3 aromatic rings. The molecule has 6 nitrogen and oxygen atoms in total. The molecule has 1 aliphatic rings. The molecular weight excluding hydrogens is 417 g/mol. The van der Waals surface area contributed by atoms with Crippen molar-refractivity contribution >= 4 is 17.0 Å². The zero-order valence-electron chi connectivity index (χ0n) is 18.8. The van der Waals surface area contributed by atoms with Crippen LogP contribution in [0.2, 0.25) is 0 Å². The van der Waals surface area contributed by atoms with Crippen LogP contribution in [0.3, 0.4) is 0 Å². The van der Waals surface area contributed by atoms with Crippen molar-refractivity contribution in [2.75, 3.05) is 5.32 Å². The van der Waals surface area contributed by atoms with Gasteiger partial charge in [0.2, 0.25) is 0 Å². The Morgan fingerprint density at radius 1 is 1.22 bits per heavy atom. The molecule has 174 valence electrons. The van der Waals surface area contributed by atoms with Gasteiger partial charge in [0, 0.05) is 37.1 Å². The Labute approximate surface area is 186 Å². The van der Waals surface area contributed by atoms with Crippen LogP contribution in [0.25, 0.3) is 11.2 Å². The lowest BCUT2D eigenvalue weighted by Gasteiger charge is -2.27. The fourth-order valence-corrected chi connectivity index (χ4v) is 3.89. The van der Waals surface area contributed by atoms with Crippen LogP contribution in [-0.2, 0) is 19.6 Å². The number of alkyl halides is 3. The van der Waals surface area contributed by atoms with Crippen molar-refractivity contribution in [1.82, 2.24) is 19.2 Å². The van der Waals surface area contributed by atoms with Gasteiger partial charge < -0.3 is 11.1 Å². The molecule has 9 heteroatoms. The summed E-state index contributed by atoms with van der Waals surface area (Å²) in [6, 6.07) is 5.52. The number of aromatic nitrogens is 4. The van der Waals surface area contributed by atoms with Crippen molar-refractivity contribution in [2.24, 2.45) is 12.8 Å². The number of nitrogens with two attached hydrogens (primary N) is 1. The normalized spacial score (nSPS) is 18.8. The van der Waals surface area contributed by atoms with E-state index in [4.69, 9.17) is 5.73 Å². The van der Waals surface area contributed by atoms with Crippen molar-refractivity contribution < 1.29 is 13.2 Å². The molecule has 1 saturated carbocycles. The number of hydrogen-bond acceptors (Lipinski definition) is 4. The molecule has 0 aliphatic heterocycles. The molecule has 0 saturated heterocycles. The number of hydrogen-bond donors (Lipinski definition) is 2. The Kier molecular flexibility index (Phi) is 7.28. The van der Waals surface area contributed by atoms with Gasteiger partial charge in [-0.2, -0.15) is 18.3 Å². The SMILES string of the molecule is C=C(C)c1cn(C)nc1CC.NC1CCC(Nc2cccc3nc(C(F)(F)F)cn23)CC1. The Balaban J connectivity index is 0.000000222. The zero-order valence-corrected chi connectivity index (χ0v) is 18.8.